The topological polar surface area (TPSA) is 61.0 Å². The van der Waals surface area contributed by atoms with Crippen LogP contribution >= 0.6 is 23.1 Å². The molecule has 1 amide bonds. The number of likely N-dealkylation sites (N-methyl/N-ethyl adjacent to an activating group) is 1. The van der Waals surface area contributed by atoms with Crippen LogP contribution in [-0.2, 0) is 4.79 Å². The summed E-state index contributed by atoms with van der Waals surface area (Å²) in [6.45, 7) is 0. The molecule has 2 aromatic heterocycles. The van der Waals surface area contributed by atoms with E-state index in [4.69, 9.17) is 0 Å². The molecular formula is C22H22N4OS2. The average Bonchev–Trinajstić information content (AvgIpc) is 3.37. The first-order chi connectivity index (χ1) is 14.1. The van der Waals surface area contributed by atoms with Crippen LogP contribution in [0.5, 0.6) is 0 Å². The molecule has 0 saturated heterocycles. The zero-order valence-electron chi connectivity index (χ0n) is 16.5. The van der Waals surface area contributed by atoms with E-state index >= 15 is 0 Å². The van der Waals surface area contributed by atoms with Crippen molar-refractivity contribution in [1.29, 1.82) is 0 Å². The number of nitrogens with one attached hydrogen (secondary N) is 2. The van der Waals surface area contributed by atoms with E-state index < -0.39 is 0 Å². The SMILES string of the molecule is CSc1cccc(-c2n[nH]c3ccc(NC(=O)C(c4ccsc4)N(C)C)cc23)c1. The molecule has 0 aliphatic carbocycles. The van der Waals surface area contributed by atoms with Crippen molar-refractivity contribution >= 4 is 45.6 Å². The van der Waals surface area contributed by atoms with Gasteiger partial charge in [-0.3, -0.25) is 14.8 Å². The van der Waals surface area contributed by atoms with Gasteiger partial charge < -0.3 is 5.32 Å². The van der Waals surface area contributed by atoms with Crippen LogP contribution in [0.1, 0.15) is 11.6 Å². The summed E-state index contributed by atoms with van der Waals surface area (Å²) in [5.74, 6) is -0.0535. The number of thiophene rings is 1. The van der Waals surface area contributed by atoms with E-state index in [0.29, 0.717) is 0 Å². The Morgan fingerprint density at radius 3 is 2.79 bits per heavy atom. The van der Waals surface area contributed by atoms with Crippen molar-refractivity contribution in [2.24, 2.45) is 0 Å². The number of benzene rings is 2. The number of thioether (sulfide) groups is 1. The lowest BCUT2D eigenvalue weighted by atomic mass is 10.1. The van der Waals surface area contributed by atoms with Crippen molar-refractivity contribution in [1.82, 2.24) is 15.1 Å². The van der Waals surface area contributed by atoms with Gasteiger partial charge in [0.15, 0.2) is 0 Å². The summed E-state index contributed by atoms with van der Waals surface area (Å²) in [5, 5.41) is 15.7. The summed E-state index contributed by atoms with van der Waals surface area (Å²) in [4.78, 5) is 16.1. The predicted molar refractivity (Wildman–Crippen MR) is 123 cm³/mol. The van der Waals surface area contributed by atoms with Gasteiger partial charge in [-0.1, -0.05) is 12.1 Å². The van der Waals surface area contributed by atoms with Gasteiger partial charge in [-0.25, -0.2) is 0 Å². The van der Waals surface area contributed by atoms with Crippen molar-refractivity contribution < 1.29 is 4.79 Å². The van der Waals surface area contributed by atoms with Gasteiger partial charge in [-0.2, -0.15) is 16.4 Å². The van der Waals surface area contributed by atoms with Crippen molar-refractivity contribution in [3.05, 3.63) is 64.9 Å². The number of amides is 1. The second-order valence-corrected chi connectivity index (χ2v) is 8.64. The lowest BCUT2D eigenvalue weighted by molar-refractivity contribution is -0.120. The number of aromatic amines is 1. The maximum absolute atomic E-state index is 13.0. The van der Waals surface area contributed by atoms with Gasteiger partial charge in [0.25, 0.3) is 0 Å². The fourth-order valence-corrected chi connectivity index (χ4v) is 4.55. The summed E-state index contributed by atoms with van der Waals surface area (Å²) in [6, 6.07) is 15.8. The normalized spacial score (nSPS) is 12.4. The highest BCUT2D eigenvalue weighted by atomic mass is 32.2. The first-order valence-electron chi connectivity index (χ1n) is 9.19. The Morgan fingerprint density at radius 1 is 1.21 bits per heavy atom. The maximum atomic E-state index is 13.0. The van der Waals surface area contributed by atoms with Gasteiger partial charge in [-0.05, 0) is 73.1 Å². The van der Waals surface area contributed by atoms with Crippen molar-refractivity contribution in [3.63, 3.8) is 0 Å². The van der Waals surface area contributed by atoms with E-state index in [1.807, 2.05) is 60.1 Å². The van der Waals surface area contributed by atoms with Crippen LogP contribution in [0.15, 0.2) is 64.2 Å². The molecule has 0 saturated carbocycles. The number of H-pyrrole nitrogens is 1. The van der Waals surface area contributed by atoms with Crippen LogP contribution in [0.3, 0.4) is 0 Å². The Bertz CT molecular complexity index is 1130. The smallest absolute Gasteiger partial charge is 0.246 e. The molecule has 0 radical (unpaired) electrons. The quantitative estimate of drug-likeness (QED) is 0.416. The molecule has 0 aliphatic rings. The fraction of sp³-hybridized carbons (Fsp3) is 0.182. The molecule has 2 aromatic carbocycles. The maximum Gasteiger partial charge on any atom is 0.246 e. The molecule has 0 spiro atoms. The average molecular weight is 423 g/mol. The van der Waals surface area contributed by atoms with Crippen LogP contribution < -0.4 is 5.32 Å². The zero-order chi connectivity index (χ0) is 20.4. The zero-order valence-corrected chi connectivity index (χ0v) is 18.1. The van der Waals surface area contributed by atoms with Crippen LogP contribution in [-0.4, -0.2) is 41.4 Å². The molecule has 2 heterocycles. The number of hydrogen-bond acceptors (Lipinski definition) is 5. The highest BCUT2D eigenvalue weighted by molar-refractivity contribution is 7.98. The van der Waals surface area contributed by atoms with Crippen LogP contribution in [0, 0.1) is 0 Å². The lowest BCUT2D eigenvalue weighted by Crippen LogP contribution is -2.31. The van der Waals surface area contributed by atoms with Gasteiger partial charge in [0.2, 0.25) is 5.91 Å². The molecule has 0 fully saturated rings. The van der Waals surface area contributed by atoms with Gasteiger partial charge in [0.1, 0.15) is 11.7 Å². The van der Waals surface area contributed by atoms with E-state index in [0.717, 1.165) is 33.4 Å². The van der Waals surface area contributed by atoms with Gasteiger partial charge in [-0.15, -0.1) is 11.8 Å². The molecule has 2 N–H and O–H groups in total. The first kappa shape index (κ1) is 19.7. The van der Waals surface area contributed by atoms with E-state index in [-0.39, 0.29) is 11.9 Å². The minimum Gasteiger partial charge on any atom is -0.324 e. The Morgan fingerprint density at radius 2 is 2.07 bits per heavy atom. The molecular weight excluding hydrogens is 400 g/mol. The molecule has 1 unspecified atom stereocenters. The molecule has 7 heteroatoms. The third kappa shape index (κ3) is 4.07. The first-order valence-corrected chi connectivity index (χ1v) is 11.4. The van der Waals surface area contributed by atoms with Gasteiger partial charge in [0, 0.05) is 21.5 Å². The van der Waals surface area contributed by atoms with Crippen molar-refractivity contribution in [3.8, 4) is 11.3 Å². The largest absolute Gasteiger partial charge is 0.324 e. The second-order valence-electron chi connectivity index (χ2n) is 6.98. The third-order valence-corrected chi connectivity index (χ3v) is 6.22. The summed E-state index contributed by atoms with van der Waals surface area (Å²) < 4.78 is 0. The molecule has 4 aromatic rings. The highest BCUT2D eigenvalue weighted by Gasteiger charge is 2.23. The van der Waals surface area contributed by atoms with E-state index in [2.05, 4.69) is 40.0 Å². The Kier molecular flexibility index (Phi) is 5.71. The minimum atomic E-state index is -0.334. The number of carbonyl (C=O) groups excluding carboxylic acids is 1. The number of rotatable bonds is 6. The van der Waals surface area contributed by atoms with E-state index in [1.165, 1.54) is 4.90 Å². The summed E-state index contributed by atoms with van der Waals surface area (Å²) in [6.07, 6.45) is 2.06. The number of aromatic nitrogens is 2. The summed E-state index contributed by atoms with van der Waals surface area (Å²) in [5.41, 5.74) is 4.63. The Hall–Kier alpha value is -2.61. The summed E-state index contributed by atoms with van der Waals surface area (Å²) >= 11 is 3.30. The highest BCUT2D eigenvalue weighted by Crippen LogP contribution is 2.31. The number of hydrogen-bond donors (Lipinski definition) is 2. The molecule has 0 aliphatic heterocycles. The summed E-state index contributed by atoms with van der Waals surface area (Å²) in [7, 11) is 3.83. The fourth-order valence-electron chi connectivity index (χ4n) is 3.41. The van der Waals surface area contributed by atoms with Gasteiger partial charge >= 0.3 is 0 Å². The van der Waals surface area contributed by atoms with Crippen molar-refractivity contribution in [2.45, 2.75) is 10.9 Å². The number of nitrogens with zero attached hydrogens (tertiary/aromatic N) is 2. The monoisotopic (exact) mass is 422 g/mol. The third-order valence-electron chi connectivity index (χ3n) is 4.80. The van der Waals surface area contributed by atoms with Crippen molar-refractivity contribution in [2.75, 3.05) is 25.7 Å². The minimum absolute atomic E-state index is 0.0535. The molecule has 29 heavy (non-hydrogen) atoms. The standard InChI is InChI=1S/C22H22N4OS2/c1-26(2)21(15-9-10-29-13-15)22(27)23-16-7-8-19-18(12-16)20(25-24-19)14-5-4-6-17(11-14)28-3/h4-13,21H,1-3H3,(H,23,27)(H,24,25). The lowest BCUT2D eigenvalue weighted by Gasteiger charge is -2.22. The molecule has 0 bridgehead atoms. The van der Waals surface area contributed by atoms with E-state index in [1.54, 1.807) is 23.1 Å². The van der Waals surface area contributed by atoms with Gasteiger partial charge in [0.05, 0.1) is 5.52 Å². The molecule has 148 valence electrons. The van der Waals surface area contributed by atoms with Crippen LogP contribution in [0.4, 0.5) is 5.69 Å². The predicted octanol–water partition coefficient (Wildman–Crippen LogP) is 5.25. The number of fused-ring (bicyclic) bond motifs is 1. The molecule has 1 atom stereocenters. The Balaban J connectivity index is 1.66. The molecule has 4 rings (SSSR count). The van der Waals surface area contributed by atoms with Crippen LogP contribution in [0.2, 0.25) is 0 Å². The van der Waals surface area contributed by atoms with E-state index in [9.17, 15) is 4.79 Å². The Labute approximate surface area is 178 Å². The van der Waals surface area contributed by atoms with Crippen LogP contribution in [0.25, 0.3) is 22.2 Å². The second kappa shape index (κ2) is 8.41. The number of carbonyl (C=O) groups is 1. The molecule has 5 nitrogen and oxygen atoms in total. The number of anilines is 1.